The summed E-state index contributed by atoms with van der Waals surface area (Å²) in [6, 6.07) is 0. The highest BCUT2D eigenvalue weighted by molar-refractivity contribution is 5.76. The highest BCUT2D eigenvalue weighted by Crippen LogP contribution is 2.36. The summed E-state index contributed by atoms with van der Waals surface area (Å²) in [5, 5.41) is 0. The molecule has 0 bridgehead atoms. The fourth-order valence-corrected chi connectivity index (χ4v) is 2.18. The fourth-order valence-electron chi connectivity index (χ4n) is 2.18. The van der Waals surface area contributed by atoms with E-state index in [-0.39, 0.29) is 0 Å². The van der Waals surface area contributed by atoms with Gasteiger partial charge in [-0.15, -0.1) is 6.58 Å². The second-order valence-corrected chi connectivity index (χ2v) is 4.42. The lowest BCUT2D eigenvalue weighted by Crippen LogP contribution is -2.36. The van der Waals surface area contributed by atoms with Crippen LogP contribution in [0.3, 0.4) is 0 Å². The predicted octanol–water partition coefficient (Wildman–Crippen LogP) is 2.67. The number of carbonyl (C=O) groups is 1. The van der Waals surface area contributed by atoms with Crippen molar-refractivity contribution < 1.29 is 4.79 Å². The van der Waals surface area contributed by atoms with E-state index in [1.165, 1.54) is 12.8 Å². The first-order chi connectivity index (χ1) is 7.31. The summed E-state index contributed by atoms with van der Waals surface area (Å²) < 4.78 is 0. The van der Waals surface area contributed by atoms with Gasteiger partial charge < -0.3 is 4.90 Å². The first-order valence-electron chi connectivity index (χ1n) is 5.89. The first-order valence-corrected chi connectivity index (χ1v) is 5.89. The van der Waals surface area contributed by atoms with Crippen LogP contribution in [0.1, 0.15) is 38.5 Å². The summed E-state index contributed by atoms with van der Waals surface area (Å²) in [6.45, 7) is 5.52. The smallest absolute Gasteiger partial charge is 0.222 e. The molecule has 2 heteroatoms. The number of piperidine rings is 1. The maximum absolute atomic E-state index is 11.7. The zero-order chi connectivity index (χ0) is 10.7. The van der Waals surface area contributed by atoms with Gasteiger partial charge in [0.05, 0.1) is 0 Å². The van der Waals surface area contributed by atoms with Crippen molar-refractivity contribution in [3.63, 3.8) is 0 Å². The van der Waals surface area contributed by atoms with Gasteiger partial charge in [-0.05, 0) is 32.1 Å². The third kappa shape index (κ3) is 2.71. The molecule has 0 N–H and O–H groups in total. The lowest BCUT2D eigenvalue weighted by molar-refractivity contribution is -0.131. The molecule has 1 aliphatic heterocycles. The molecule has 15 heavy (non-hydrogen) atoms. The Morgan fingerprint density at radius 2 is 1.80 bits per heavy atom. The minimum atomic E-state index is 0.301. The maximum atomic E-state index is 11.7. The maximum Gasteiger partial charge on any atom is 0.222 e. The molecular weight excluding hydrogens is 186 g/mol. The van der Waals surface area contributed by atoms with Crippen LogP contribution in [0, 0.1) is 0 Å². The minimum Gasteiger partial charge on any atom is -0.342 e. The van der Waals surface area contributed by atoms with Gasteiger partial charge in [0.15, 0.2) is 0 Å². The molecule has 1 heterocycles. The lowest BCUT2D eigenvalue weighted by Gasteiger charge is -2.28. The molecular formula is C13H19NO. The monoisotopic (exact) mass is 205 g/mol. The van der Waals surface area contributed by atoms with Gasteiger partial charge in [-0.3, -0.25) is 4.79 Å². The molecule has 0 atom stereocenters. The summed E-state index contributed by atoms with van der Waals surface area (Å²) in [7, 11) is 0. The Labute approximate surface area is 91.6 Å². The van der Waals surface area contributed by atoms with E-state index >= 15 is 0 Å². The molecule has 0 aromatic heterocycles. The zero-order valence-electron chi connectivity index (χ0n) is 9.30. The second-order valence-electron chi connectivity index (χ2n) is 4.42. The zero-order valence-corrected chi connectivity index (χ0v) is 9.30. The standard InChI is InChI=1S/C13H19NO/c1-2-3-4-13(15)14-9-7-12(8-10-14)11-5-6-11/h2H,1,3-10H2. The van der Waals surface area contributed by atoms with E-state index in [4.69, 9.17) is 0 Å². The number of carbonyl (C=O) groups excluding carboxylic acids is 1. The minimum absolute atomic E-state index is 0.301. The van der Waals surface area contributed by atoms with Gasteiger partial charge >= 0.3 is 0 Å². The molecule has 2 rings (SSSR count). The van der Waals surface area contributed by atoms with E-state index in [0.717, 1.165) is 32.4 Å². The Kier molecular flexibility index (Phi) is 3.24. The van der Waals surface area contributed by atoms with Crippen LogP contribution in [0.15, 0.2) is 23.8 Å². The van der Waals surface area contributed by atoms with Gasteiger partial charge in [0, 0.05) is 19.5 Å². The Morgan fingerprint density at radius 3 is 2.33 bits per heavy atom. The predicted molar refractivity (Wildman–Crippen MR) is 61.5 cm³/mol. The van der Waals surface area contributed by atoms with E-state index in [2.05, 4.69) is 6.58 Å². The molecule has 1 saturated heterocycles. The highest BCUT2D eigenvalue weighted by Gasteiger charge is 2.23. The average Bonchev–Trinajstić information content (AvgIpc) is 3.10. The fraction of sp³-hybridized carbons (Fsp3) is 0.615. The van der Waals surface area contributed by atoms with Crippen molar-refractivity contribution in [1.29, 1.82) is 0 Å². The van der Waals surface area contributed by atoms with Crippen LogP contribution < -0.4 is 0 Å². The molecule has 0 spiro atoms. The summed E-state index contributed by atoms with van der Waals surface area (Å²) in [5.74, 6) is 0.301. The van der Waals surface area contributed by atoms with Crippen molar-refractivity contribution in [2.45, 2.75) is 38.5 Å². The van der Waals surface area contributed by atoms with Crippen molar-refractivity contribution in [3.8, 4) is 0 Å². The lowest BCUT2D eigenvalue weighted by atomic mass is 10.0. The number of hydrogen-bond donors (Lipinski definition) is 0. The normalized spacial score (nSPS) is 20.4. The second kappa shape index (κ2) is 4.65. The molecule has 0 radical (unpaired) electrons. The molecule has 0 unspecified atom stereocenters. The topological polar surface area (TPSA) is 20.3 Å². The SMILES string of the molecule is C=CCCC(=O)N1CCC(=C2CC2)CC1. The van der Waals surface area contributed by atoms with Crippen molar-refractivity contribution in [3.05, 3.63) is 23.8 Å². The summed E-state index contributed by atoms with van der Waals surface area (Å²) in [6.07, 6.45) is 8.14. The highest BCUT2D eigenvalue weighted by atomic mass is 16.2. The number of hydrogen-bond acceptors (Lipinski definition) is 1. The van der Waals surface area contributed by atoms with Crippen LogP contribution in [0.25, 0.3) is 0 Å². The molecule has 1 saturated carbocycles. The number of allylic oxidation sites excluding steroid dienone is 2. The molecule has 1 aliphatic carbocycles. The van der Waals surface area contributed by atoms with Crippen LogP contribution in [0.5, 0.6) is 0 Å². The van der Waals surface area contributed by atoms with E-state index in [1.54, 1.807) is 11.1 Å². The van der Waals surface area contributed by atoms with Crippen molar-refractivity contribution in [1.82, 2.24) is 4.90 Å². The molecule has 2 fully saturated rings. The van der Waals surface area contributed by atoms with Crippen molar-refractivity contribution in [2.24, 2.45) is 0 Å². The summed E-state index contributed by atoms with van der Waals surface area (Å²) in [4.78, 5) is 13.7. The number of rotatable bonds is 3. The van der Waals surface area contributed by atoms with Gasteiger partial charge in [-0.25, -0.2) is 0 Å². The number of amides is 1. The van der Waals surface area contributed by atoms with Gasteiger partial charge in [0.1, 0.15) is 0 Å². The summed E-state index contributed by atoms with van der Waals surface area (Å²) in [5.41, 5.74) is 3.32. The molecule has 0 aromatic rings. The van der Waals surface area contributed by atoms with Gasteiger partial charge in [-0.2, -0.15) is 0 Å². The quantitative estimate of drug-likeness (QED) is 0.649. The van der Waals surface area contributed by atoms with Gasteiger partial charge in [-0.1, -0.05) is 17.2 Å². The number of likely N-dealkylation sites (tertiary alicyclic amines) is 1. The average molecular weight is 205 g/mol. The van der Waals surface area contributed by atoms with E-state index in [9.17, 15) is 4.79 Å². The third-order valence-electron chi connectivity index (χ3n) is 3.28. The number of nitrogens with zero attached hydrogens (tertiary/aromatic N) is 1. The third-order valence-corrected chi connectivity index (χ3v) is 3.28. The van der Waals surface area contributed by atoms with Crippen molar-refractivity contribution >= 4 is 5.91 Å². The Hall–Kier alpha value is -1.05. The summed E-state index contributed by atoms with van der Waals surface area (Å²) >= 11 is 0. The van der Waals surface area contributed by atoms with Crippen LogP contribution in [0.2, 0.25) is 0 Å². The Balaban J connectivity index is 1.79. The van der Waals surface area contributed by atoms with E-state index < -0.39 is 0 Å². The van der Waals surface area contributed by atoms with Crippen LogP contribution in [0.4, 0.5) is 0 Å². The van der Waals surface area contributed by atoms with Crippen LogP contribution in [-0.4, -0.2) is 23.9 Å². The van der Waals surface area contributed by atoms with E-state index in [0.29, 0.717) is 12.3 Å². The van der Waals surface area contributed by atoms with Crippen LogP contribution >= 0.6 is 0 Å². The van der Waals surface area contributed by atoms with Crippen molar-refractivity contribution in [2.75, 3.05) is 13.1 Å². The first kappa shape index (κ1) is 10.5. The van der Waals surface area contributed by atoms with E-state index in [1.807, 2.05) is 11.0 Å². The van der Waals surface area contributed by atoms with Gasteiger partial charge in [0.2, 0.25) is 5.91 Å². The molecule has 2 nitrogen and oxygen atoms in total. The van der Waals surface area contributed by atoms with Gasteiger partial charge in [0.25, 0.3) is 0 Å². The Bertz CT molecular complexity index is 288. The van der Waals surface area contributed by atoms with Crippen LogP contribution in [-0.2, 0) is 4.79 Å². The Morgan fingerprint density at radius 1 is 1.20 bits per heavy atom. The molecule has 82 valence electrons. The molecule has 1 amide bonds. The molecule has 0 aromatic carbocycles. The molecule has 2 aliphatic rings. The largest absolute Gasteiger partial charge is 0.342 e.